The van der Waals surface area contributed by atoms with Crippen molar-refractivity contribution in [3.8, 4) is 0 Å². The number of nitrogen functional groups attached to an aromatic ring is 1. The molecule has 0 saturated carbocycles. The molecule has 0 aliphatic rings. The smallest absolute Gasteiger partial charge is 0.274 e. The van der Waals surface area contributed by atoms with E-state index in [1.807, 2.05) is 20.8 Å². The van der Waals surface area contributed by atoms with Crippen LogP contribution in [0.4, 0.5) is 5.69 Å². The van der Waals surface area contributed by atoms with E-state index in [4.69, 9.17) is 10.8 Å². The fourth-order valence-corrected chi connectivity index (χ4v) is 2.02. The second-order valence-electron chi connectivity index (χ2n) is 4.83. The summed E-state index contributed by atoms with van der Waals surface area (Å²) in [6.07, 6.45) is 0.559. The number of aryl methyl sites for hydroxylation is 2. The molecule has 1 aromatic heterocycles. The molecule has 1 aromatic rings. The quantitative estimate of drug-likeness (QED) is 0.807. The molecule has 0 aromatic carbocycles. The predicted octanol–water partition coefficient (Wildman–Crippen LogP) is 1.03. The van der Waals surface area contributed by atoms with Crippen molar-refractivity contribution in [1.82, 2.24) is 14.7 Å². The zero-order valence-electron chi connectivity index (χ0n) is 12.2. The maximum absolute atomic E-state index is 12.6. The molecular weight excluding hydrogens is 244 g/mol. The highest BCUT2D eigenvalue weighted by atomic mass is 16.3. The van der Waals surface area contributed by atoms with Crippen LogP contribution in [-0.4, -0.2) is 44.9 Å². The molecule has 0 spiro atoms. The van der Waals surface area contributed by atoms with Crippen LogP contribution in [-0.2, 0) is 6.54 Å². The number of nitrogens with zero attached hydrogens (tertiary/aromatic N) is 3. The third-order valence-electron chi connectivity index (χ3n) is 3.12. The Morgan fingerprint density at radius 2 is 2.16 bits per heavy atom. The molecule has 6 nitrogen and oxygen atoms in total. The van der Waals surface area contributed by atoms with Gasteiger partial charge in [-0.1, -0.05) is 0 Å². The summed E-state index contributed by atoms with van der Waals surface area (Å²) < 4.78 is 1.64. The van der Waals surface area contributed by atoms with Crippen LogP contribution in [0.1, 0.15) is 43.4 Å². The van der Waals surface area contributed by atoms with E-state index in [0.717, 1.165) is 0 Å². The summed E-state index contributed by atoms with van der Waals surface area (Å²) >= 11 is 0. The van der Waals surface area contributed by atoms with Gasteiger partial charge < -0.3 is 15.7 Å². The van der Waals surface area contributed by atoms with Crippen molar-refractivity contribution in [3.05, 3.63) is 11.4 Å². The van der Waals surface area contributed by atoms with E-state index in [1.165, 1.54) is 0 Å². The summed E-state index contributed by atoms with van der Waals surface area (Å²) in [5.74, 6) is -0.122. The summed E-state index contributed by atoms with van der Waals surface area (Å²) in [7, 11) is 0. The Bertz CT molecular complexity index is 440. The van der Waals surface area contributed by atoms with E-state index < -0.39 is 0 Å². The number of anilines is 1. The van der Waals surface area contributed by atoms with Gasteiger partial charge in [0.15, 0.2) is 0 Å². The number of aliphatic hydroxyl groups is 1. The Morgan fingerprint density at radius 3 is 2.63 bits per heavy atom. The number of aromatic nitrogens is 2. The van der Waals surface area contributed by atoms with E-state index in [1.54, 1.807) is 16.5 Å². The Hall–Kier alpha value is -1.56. The fourth-order valence-electron chi connectivity index (χ4n) is 2.02. The summed E-state index contributed by atoms with van der Waals surface area (Å²) in [6, 6.07) is 0.0546. The molecule has 0 unspecified atom stereocenters. The normalized spacial score (nSPS) is 11.1. The van der Waals surface area contributed by atoms with Crippen molar-refractivity contribution >= 4 is 11.6 Å². The van der Waals surface area contributed by atoms with Crippen LogP contribution in [0.2, 0.25) is 0 Å². The number of hydrogen-bond acceptors (Lipinski definition) is 4. The zero-order chi connectivity index (χ0) is 14.6. The number of aliphatic hydroxyl groups excluding tert-OH is 1. The topological polar surface area (TPSA) is 84.4 Å². The lowest BCUT2D eigenvalue weighted by Gasteiger charge is -2.26. The summed E-state index contributed by atoms with van der Waals surface area (Å²) in [5, 5.41) is 13.2. The Morgan fingerprint density at radius 1 is 1.53 bits per heavy atom. The van der Waals surface area contributed by atoms with E-state index >= 15 is 0 Å². The highest BCUT2D eigenvalue weighted by Crippen LogP contribution is 2.19. The van der Waals surface area contributed by atoms with Crippen LogP contribution in [0, 0.1) is 6.92 Å². The largest absolute Gasteiger partial charge is 0.396 e. The van der Waals surface area contributed by atoms with Gasteiger partial charge in [-0.05, 0) is 34.1 Å². The minimum Gasteiger partial charge on any atom is -0.396 e. The Labute approximate surface area is 114 Å². The van der Waals surface area contributed by atoms with Crippen molar-refractivity contribution in [2.75, 3.05) is 18.9 Å². The molecule has 0 saturated heterocycles. The first kappa shape index (κ1) is 15.5. The molecule has 1 heterocycles. The minimum absolute atomic E-state index is 0.0546. The van der Waals surface area contributed by atoms with E-state index in [-0.39, 0.29) is 18.6 Å². The lowest BCUT2D eigenvalue weighted by Crippen LogP contribution is -2.39. The third-order valence-corrected chi connectivity index (χ3v) is 3.12. The maximum atomic E-state index is 12.6. The highest BCUT2D eigenvalue weighted by molar-refractivity contribution is 5.98. The Balaban J connectivity index is 3.09. The molecule has 0 bridgehead atoms. The van der Waals surface area contributed by atoms with Crippen LogP contribution >= 0.6 is 0 Å². The van der Waals surface area contributed by atoms with Crippen molar-refractivity contribution in [2.45, 2.75) is 46.7 Å². The number of carbonyl (C=O) groups excluding carboxylic acids is 1. The van der Waals surface area contributed by atoms with Crippen LogP contribution in [0.15, 0.2) is 0 Å². The van der Waals surface area contributed by atoms with Gasteiger partial charge in [0.25, 0.3) is 5.91 Å². The second kappa shape index (κ2) is 6.56. The van der Waals surface area contributed by atoms with Gasteiger partial charge in [0.1, 0.15) is 5.69 Å². The number of nitrogens with two attached hydrogens (primary N) is 1. The SMILES string of the molecule is CCn1nc(C)c(N)c1C(=O)N(CCCO)C(C)C. The molecule has 1 rings (SSSR count). The van der Waals surface area contributed by atoms with E-state index in [0.29, 0.717) is 36.6 Å². The average molecular weight is 268 g/mol. The van der Waals surface area contributed by atoms with Gasteiger partial charge in [0.2, 0.25) is 0 Å². The molecule has 0 aliphatic heterocycles. The molecule has 0 fully saturated rings. The van der Waals surface area contributed by atoms with Gasteiger partial charge in [-0.15, -0.1) is 0 Å². The second-order valence-corrected chi connectivity index (χ2v) is 4.83. The lowest BCUT2D eigenvalue weighted by molar-refractivity contribution is 0.0681. The van der Waals surface area contributed by atoms with E-state index in [9.17, 15) is 4.79 Å². The summed E-state index contributed by atoms with van der Waals surface area (Å²) in [6.45, 7) is 8.81. The van der Waals surface area contributed by atoms with Gasteiger partial charge in [-0.25, -0.2) is 0 Å². The number of amides is 1. The number of hydrogen-bond donors (Lipinski definition) is 2. The van der Waals surface area contributed by atoms with Gasteiger partial charge in [0.05, 0.1) is 11.4 Å². The molecule has 3 N–H and O–H groups in total. The molecule has 0 radical (unpaired) electrons. The molecular formula is C13H24N4O2. The summed E-state index contributed by atoms with van der Waals surface area (Å²) in [4.78, 5) is 14.3. The van der Waals surface area contributed by atoms with Crippen LogP contribution < -0.4 is 5.73 Å². The highest BCUT2D eigenvalue weighted by Gasteiger charge is 2.25. The molecule has 0 aliphatic carbocycles. The first-order chi connectivity index (χ1) is 8.93. The number of carbonyl (C=O) groups is 1. The third kappa shape index (κ3) is 3.26. The van der Waals surface area contributed by atoms with Gasteiger partial charge in [-0.2, -0.15) is 5.10 Å². The average Bonchev–Trinajstić information content (AvgIpc) is 2.65. The Kier molecular flexibility index (Phi) is 5.35. The molecule has 1 amide bonds. The maximum Gasteiger partial charge on any atom is 0.274 e. The van der Waals surface area contributed by atoms with Crippen molar-refractivity contribution in [1.29, 1.82) is 0 Å². The predicted molar refractivity (Wildman–Crippen MR) is 74.9 cm³/mol. The van der Waals surface area contributed by atoms with E-state index in [2.05, 4.69) is 5.10 Å². The van der Waals surface area contributed by atoms with Crippen molar-refractivity contribution < 1.29 is 9.90 Å². The molecule has 19 heavy (non-hydrogen) atoms. The first-order valence-corrected chi connectivity index (χ1v) is 6.68. The first-order valence-electron chi connectivity index (χ1n) is 6.68. The molecule has 0 atom stereocenters. The molecule has 108 valence electrons. The zero-order valence-corrected chi connectivity index (χ0v) is 12.2. The molecule has 6 heteroatoms. The number of rotatable bonds is 6. The monoisotopic (exact) mass is 268 g/mol. The van der Waals surface area contributed by atoms with Crippen molar-refractivity contribution in [3.63, 3.8) is 0 Å². The lowest BCUT2D eigenvalue weighted by atomic mass is 10.2. The summed E-state index contributed by atoms with van der Waals surface area (Å²) in [5.41, 5.74) is 7.54. The standard InChI is InChI=1S/C13H24N4O2/c1-5-17-12(11(14)10(4)15-17)13(19)16(9(2)3)7-6-8-18/h9,18H,5-8,14H2,1-4H3. The van der Waals surface area contributed by atoms with Crippen LogP contribution in [0.3, 0.4) is 0 Å². The van der Waals surface area contributed by atoms with Crippen LogP contribution in [0.25, 0.3) is 0 Å². The fraction of sp³-hybridized carbons (Fsp3) is 0.692. The van der Waals surface area contributed by atoms with Gasteiger partial charge in [0, 0.05) is 25.7 Å². The van der Waals surface area contributed by atoms with Crippen molar-refractivity contribution in [2.24, 2.45) is 0 Å². The van der Waals surface area contributed by atoms with Crippen LogP contribution in [0.5, 0.6) is 0 Å². The van der Waals surface area contributed by atoms with Gasteiger partial charge >= 0.3 is 0 Å². The minimum atomic E-state index is -0.122. The van der Waals surface area contributed by atoms with Gasteiger partial charge in [-0.3, -0.25) is 9.48 Å².